The summed E-state index contributed by atoms with van der Waals surface area (Å²) >= 11 is 0. The van der Waals surface area contributed by atoms with E-state index in [9.17, 15) is 18.0 Å². The average molecular weight is 477 g/mol. The summed E-state index contributed by atoms with van der Waals surface area (Å²) in [5.74, 6) is -0.892. The standard InChI is InChI=1S/C25H36N2O5S/c1-3-22-9-4-5-14-27(22)24(28)18(2)32-25(29)20-12-15-26(16-13-20)33(30,31)23-11-10-19-7-6-8-21(19)17-23/h10-11,17-18,20,22H,3-9,12-16H2,1-2H3. The van der Waals surface area contributed by atoms with E-state index in [2.05, 4.69) is 6.92 Å². The smallest absolute Gasteiger partial charge is 0.309 e. The number of rotatable bonds is 6. The van der Waals surface area contributed by atoms with Gasteiger partial charge in [0, 0.05) is 25.7 Å². The Hall–Kier alpha value is -1.93. The van der Waals surface area contributed by atoms with Crippen LogP contribution >= 0.6 is 0 Å². The molecule has 2 fully saturated rings. The van der Waals surface area contributed by atoms with Crippen LogP contribution in [0.25, 0.3) is 0 Å². The molecule has 0 spiro atoms. The Morgan fingerprint density at radius 3 is 2.48 bits per heavy atom. The van der Waals surface area contributed by atoms with Gasteiger partial charge in [0.25, 0.3) is 5.91 Å². The number of esters is 1. The summed E-state index contributed by atoms with van der Waals surface area (Å²) in [7, 11) is -3.57. The monoisotopic (exact) mass is 476 g/mol. The van der Waals surface area contributed by atoms with Crippen molar-refractivity contribution in [2.75, 3.05) is 19.6 Å². The Balaban J connectivity index is 1.32. The minimum Gasteiger partial charge on any atom is -0.452 e. The van der Waals surface area contributed by atoms with Crippen LogP contribution in [0, 0.1) is 5.92 Å². The molecule has 2 atom stereocenters. The zero-order valence-electron chi connectivity index (χ0n) is 19.8. The van der Waals surface area contributed by atoms with E-state index in [0.29, 0.717) is 17.7 Å². The molecule has 182 valence electrons. The number of nitrogens with zero attached hydrogens (tertiary/aromatic N) is 2. The molecule has 7 nitrogen and oxygen atoms in total. The first-order valence-corrected chi connectivity index (χ1v) is 13.9. The van der Waals surface area contributed by atoms with Gasteiger partial charge in [0.2, 0.25) is 10.0 Å². The third-order valence-corrected chi connectivity index (χ3v) is 9.41. The van der Waals surface area contributed by atoms with Gasteiger partial charge in [-0.2, -0.15) is 4.31 Å². The molecule has 0 N–H and O–H groups in total. The molecule has 1 amide bonds. The molecule has 0 saturated carbocycles. The van der Waals surface area contributed by atoms with Gasteiger partial charge in [-0.15, -0.1) is 0 Å². The van der Waals surface area contributed by atoms with Gasteiger partial charge in [-0.25, -0.2) is 8.42 Å². The summed E-state index contributed by atoms with van der Waals surface area (Å²) in [6.07, 6.45) is 7.05. The number of hydrogen-bond donors (Lipinski definition) is 0. The highest BCUT2D eigenvalue weighted by Gasteiger charge is 2.36. The van der Waals surface area contributed by atoms with Gasteiger partial charge in [0.15, 0.2) is 6.10 Å². The fraction of sp³-hybridized carbons (Fsp3) is 0.680. The van der Waals surface area contributed by atoms with Crippen molar-refractivity contribution in [2.24, 2.45) is 5.92 Å². The summed E-state index contributed by atoms with van der Waals surface area (Å²) in [5, 5.41) is 0. The number of piperidine rings is 2. The van der Waals surface area contributed by atoms with Gasteiger partial charge in [-0.3, -0.25) is 9.59 Å². The molecule has 0 radical (unpaired) electrons. The fourth-order valence-corrected chi connectivity index (χ4v) is 6.98. The molecule has 2 saturated heterocycles. The van der Waals surface area contributed by atoms with Crippen LogP contribution in [-0.2, 0) is 37.2 Å². The average Bonchev–Trinajstić information content (AvgIpc) is 3.31. The largest absolute Gasteiger partial charge is 0.452 e. The molecular formula is C25H36N2O5S. The van der Waals surface area contributed by atoms with Crippen molar-refractivity contribution in [2.45, 2.75) is 88.7 Å². The number of ether oxygens (including phenoxy) is 1. The number of likely N-dealkylation sites (tertiary alicyclic amines) is 1. The number of benzene rings is 1. The third kappa shape index (κ3) is 5.11. The van der Waals surface area contributed by atoms with Crippen LogP contribution in [-0.4, -0.2) is 61.3 Å². The molecule has 1 aromatic rings. The van der Waals surface area contributed by atoms with E-state index in [4.69, 9.17) is 4.74 Å². The summed E-state index contributed by atoms with van der Waals surface area (Å²) in [4.78, 5) is 27.8. The lowest BCUT2D eigenvalue weighted by molar-refractivity contribution is -0.165. The molecule has 1 aliphatic carbocycles. The molecule has 0 bridgehead atoms. The zero-order chi connectivity index (χ0) is 23.6. The topological polar surface area (TPSA) is 84.0 Å². The highest BCUT2D eigenvalue weighted by molar-refractivity contribution is 7.89. The first-order chi connectivity index (χ1) is 15.8. The molecule has 2 unspecified atom stereocenters. The van der Waals surface area contributed by atoms with Crippen LogP contribution in [0.15, 0.2) is 23.1 Å². The summed E-state index contributed by atoms with van der Waals surface area (Å²) in [5.41, 5.74) is 2.38. The Labute approximate surface area is 197 Å². The van der Waals surface area contributed by atoms with E-state index in [1.165, 1.54) is 9.87 Å². The lowest BCUT2D eigenvalue weighted by Crippen LogP contribution is -2.49. The van der Waals surface area contributed by atoms with Crippen molar-refractivity contribution >= 4 is 21.9 Å². The summed E-state index contributed by atoms with van der Waals surface area (Å²) < 4.78 is 33.3. The van der Waals surface area contributed by atoms with E-state index in [0.717, 1.165) is 57.1 Å². The second-order valence-electron chi connectivity index (χ2n) is 9.63. The molecule has 4 rings (SSSR count). The third-order valence-electron chi connectivity index (χ3n) is 7.52. The van der Waals surface area contributed by atoms with Crippen molar-refractivity contribution < 1.29 is 22.7 Å². The number of sulfonamides is 1. The van der Waals surface area contributed by atoms with Crippen molar-refractivity contribution in [1.82, 2.24) is 9.21 Å². The van der Waals surface area contributed by atoms with Gasteiger partial charge < -0.3 is 9.64 Å². The van der Waals surface area contributed by atoms with Crippen molar-refractivity contribution in [3.05, 3.63) is 29.3 Å². The Morgan fingerprint density at radius 2 is 1.76 bits per heavy atom. The van der Waals surface area contributed by atoms with E-state index < -0.39 is 22.1 Å². The lowest BCUT2D eigenvalue weighted by atomic mass is 9.98. The quantitative estimate of drug-likeness (QED) is 0.588. The van der Waals surface area contributed by atoms with Crippen LogP contribution < -0.4 is 0 Å². The number of carbonyl (C=O) groups is 2. The maximum atomic E-state index is 13.1. The van der Waals surface area contributed by atoms with Crippen LogP contribution in [0.4, 0.5) is 0 Å². The Morgan fingerprint density at radius 1 is 1.03 bits per heavy atom. The van der Waals surface area contributed by atoms with Crippen LogP contribution in [0.3, 0.4) is 0 Å². The summed E-state index contributed by atoms with van der Waals surface area (Å²) in [6.45, 7) is 5.02. The molecule has 3 aliphatic rings. The van der Waals surface area contributed by atoms with Gasteiger partial charge in [-0.1, -0.05) is 13.0 Å². The predicted molar refractivity (Wildman–Crippen MR) is 125 cm³/mol. The van der Waals surface area contributed by atoms with E-state index in [1.54, 1.807) is 13.0 Å². The lowest BCUT2D eigenvalue weighted by Gasteiger charge is -2.37. The van der Waals surface area contributed by atoms with E-state index in [1.807, 2.05) is 17.0 Å². The number of hydrogen-bond acceptors (Lipinski definition) is 5. The van der Waals surface area contributed by atoms with Gasteiger partial charge in [0.1, 0.15) is 0 Å². The first-order valence-electron chi connectivity index (χ1n) is 12.4. The van der Waals surface area contributed by atoms with Gasteiger partial charge >= 0.3 is 5.97 Å². The highest BCUT2D eigenvalue weighted by atomic mass is 32.2. The second kappa shape index (κ2) is 10.1. The zero-order valence-corrected chi connectivity index (χ0v) is 20.6. The molecule has 8 heteroatoms. The number of amides is 1. The molecule has 1 aromatic carbocycles. The van der Waals surface area contributed by atoms with Crippen LogP contribution in [0.2, 0.25) is 0 Å². The molecule has 33 heavy (non-hydrogen) atoms. The summed E-state index contributed by atoms with van der Waals surface area (Å²) in [6, 6.07) is 5.68. The van der Waals surface area contributed by atoms with Crippen molar-refractivity contribution in [3.63, 3.8) is 0 Å². The highest BCUT2D eigenvalue weighted by Crippen LogP contribution is 2.29. The maximum absolute atomic E-state index is 13.1. The molecule has 0 aromatic heterocycles. The predicted octanol–water partition coefficient (Wildman–Crippen LogP) is 3.30. The minimum atomic E-state index is -3.57. The number of carbonyl (C=O) groups excluding carboxylic acids is 2. The minimum absolute atomic E-state index is 0.119. The number of fused-ring (bicyclic) bond motifs is 1. The Kier molecular flexibility index (Phi) is 7.43. The van der Waals surface area contributed by atoms with Crippen LogP contribution in [0.1, 0.15) is 69.9 Å². The first kappa shape index (κ1) is 24.2. The van der Waals surface area contributed by atoms with Crippen molar-refractivity contribution in [1.29, 1.82) is 0 Å². The number of aryl methyl sites for hydroxylation is 2. The van der Waals surface area contributed by atoms with Gasteiger partial charge in [-0.05, 0) is 88.0 Å². The normalized spacial score (nSPS) is 23.2. The van der Waals surface area contributed by atoms with Crippen molar-refractivity contribution in [3.8, 4) is 0 Å². The molecule has 2 aliphatic heterocycles. The molecular weight excluding hydrogens is 440 g/mol. The second-order valence-corrected chi connectivity index (χ2v) is 11.6. The Bertz CT molecular complexity index is 985. The fourth-order valence-electron chi connectivity index (χ4n) is 5.46. The SMILES string of the molecule is CCC1CCCCN1C(=O)C(C)OC(=O)C1CCN(S(=O)(=O)c2ccc3c(c2)CCC3)CC1. The maximum Gasteiger partial charge on any atom is 0.309 e. The van der Waals surface area contributed by atoms with Gasteiger partial charge in [0.05, 0.1) is 10.8 Å². The van der Waals surface area contributed by atoms with Crippen LogP contribution in [0.5, 0.6) is 0 Å². The van der Waals surface area contributed by atoms with E-state index in [-0.39, 0.29) is 31.0 Å². The molecule has 2 heterocycles. The van der Waals surface area contributed by atoms with E-state index >= 15 is 0 Å².